The van der Waals surface area contributed by atoms with Crippen LogP contribution in [0, 0.1) is 40.0 Å². The van der Waals surface area contributed by atoms with Gasteiger partial charge in [-0.25, -0.2) is 30.3 Å². The maximum Gasteiger partial charge on any atom is 0.297 e. The van der Waals surface area contributed by atoms with Crippen molar-refractivity contribution in [2.45, 2.75) is 91.9 Å². The minimum atomic E-state index is -4.76. The Hall–Kier alpha value is -6.96. The van der Waals surface area contributed by atoms with E-state index in [1.54, 1.807) is 12.3 Å². The second kappa shape index (κ2) is 20.8. The van der Waals surface area contributed by atoms with E-state index in [1.807, 2.05) is 60.4 Å². The topological polar surface area (TPSA) is 231 Å². The highest BCUT2D eigenvalue weighted by Crippen LogP contribution is 2.54. The van der Waals surface area contributed by atoms with Crippen molar-refractivity contribution in [3.05, 3.63) is 130 Å². The Morgan fingerprint density at radius 3 is 2.42 bits per heavy atom. The van der Waals surface area contributed by atoms with Crippen LogP contribution in [0.1, 0.15) is 72.5 Å². The van der Waals surface area contributed by atoms with Crippen molar-refractivity contribution in [3.8, 4) is 11.6 Å². The second-order valence-corrected chi connectivity index (χ2v) is 26.1. The number of aromatic nitrogens is 2. The van der Waals surface area contributed by atoms with Crippen LogP contribution in [-0.4, -0.2) is 137 Å². The average molecular weight is 1150 g/mol. The zero-order valence-corrected chi connectivity index (χ0v) is 46.0. The van der Waals surface area contributed by atoms with Crippen LogP contribution in [0.25, 0.3) is 11.0 Å². The number of rotatable bonds is 11. The molecule has 1 saturated carbocycles. The Morgan fingerprint density at radius 1 is 0.852 bits per heavy atom. The van der Waals surface area contributed by atoms with Gasteiger partial charge in [-0.1, -0.05) is 24.3 Å². The molecule has 8 heterocycles. The van der Waals surface area contributed by atoms with Gasteiger partial charge in [0.25, 0.3) is 21.6 Å². The standard InChI is InChI=1S/C57H61F2N9O11S2/c1-34-4-2-3-5-41(34)50-31-65(81(74,75)39-7-9-43(58)44(59)26-39)19-20-66(50)38-29-57(30-38)14-17-64(18-15-57)37-6-8-42(47(25-37)67-46-13-23-77-33-52(46)79-56-49(67)24-36-10-16-60-54(36)62-56)55(69)63-80(72,73)40-27-48(68(70)71)53-51(28-40)78-32-45(61-53)35-11-21-76-22-12-35/h2-10,16,24-28,35,38,45-46,50,52,61H,11-15,17-23,29-33H2,1H3,(H,60,62)(H,63,69)/t45-,46-,50-,52-/m0/s1. The number of benzene rings is 4. The molecule has 3 N–H and O–H groups in total. The van der Waals surface area contributed by atoms with Gasteiger partial charge in [0, 0.05) is 94.0 Å². The predicted octanol–water partition coefficient (Wildman–Crippen LogP) is 7.96. The van der Waals surface area contributed by atoms with Crippen LogP contribution in [0.15, 0.2) is 101 Å². The van der Waals surface area contributed by atoms with E-state index < -0.39 is 59.2 Å². The van der Waals surface area contributed by atoms with Crippen molar-refractivity contribution in [1.29, 1.82) is 0 Å². The van der Waals surface area contributed by atoms with Gasteiger partial charge in [0.2, 0.25) is 15.9 Å². The van der Waals surface area contributed by atoms with Crippen molar-refractivity contribution in [2.24, 2.45) is 11.3 Å². The van der Waals surface area contributed by atoms with Gasteiger partial charge in [0.15, 0.2) is 23.1 Å². The highest BCUT2D eigenvalue weighted by atomic mass is 32.2. The molecule has 13 rings (SSSR count). The number of nitrogens with one attached hydrogen (secondary N) is 3. The summed E-state index contributed by atoms with van der Waals surface area (Å²) in [6.07, 6.45) is 6.81. The number of ether oxygens (including phenoxy) is 4. The van der Waals surface area contributed by atoms with Gasteiger partial charge >= 0.3 is 0 Å². The van der Waals surface area contributed by atoms with Crippen molar-refractivity contribution in [2.75, 3.05) is 80.9 Å². The van der Waals surface area contributed by atoms with Crippen molar-refractivity contribution < 1.29 is 54.3 Å². The third kappa shape index (κ3) is 9.79. The summed E-state index contributed by atoms with van der Waals surface area (Å²) in [5, 5.41) is 16.6. The summed E-state index contributed by atoms with van der Waals surface area (Å²) in [5.41, 5.74) is 4.09. The van der Waals surface area contributed by atoms with Gasteiger partial charge in [-0.3, -0.25) is 19.8 Å². The van der Waals surface area contributed by atoms with Crippen LogP contribution >= 0.6 is 0 Å². The summed E-state index contributed by atoms with van der Waals surface area (Å²) < 4.78 is 113. The second-order valence-electron chi connectivity index (χ2n) is 22.5. The number of aryl methyl sites for hydroxylation is 1. The Balaban J connectivity index is 0.776. The maximum atomic E-state index is 14.9. The molecular weight excluding hydrogens is 1090 g/mol. The number of hydrogen-bond donors (Lipinski definition) is 3. The summed E-state index contributed by atoms with van der Waals surface area (Å²) in [6.45, 7) is 6.12. The number of hydrogen-bond acceptors (Lipinski definition) is 16. The lowest BCUT2D eigenvalue weighted by atomic mass is 9.59. The number of nitro groups is 1. The number of carbonyl (C=O) groups is 1. The molecule has 0 unspecified atom stereocenters. The minimum absolute atomic E-state index is 0.00763. The quantitative estimate of drug-likeness (QED) is 0.0825. The monoisotopic (exact) mass is 1150 g/mol. The molecule has 0 bridgehead atoms. The molecule has 4 aromatic carbocycles. The molecule has 20 nitrogen and oxygen atoms in total. The van der Waals surface area contributed by atoms with Gasteiger partial charge in [-0.2, -0.15) is 9.29 Å². The molecule has 81 heavy (non-hydrogen) atoms. The largest absolute Gasteiger partial charge is 0.489 e. The summed E-state index contributed by atoms with van der Waals surface area (Å²) in [7, 11) is -8.89. The lowest BCUT2D eigenvalue weighted by molar-refractivity contribution is -0.384. The molecule has 7 aliphatic rings. The Morgan fingerprint density at radius 2 is 1.64 bits per heavy atom. The maximum absolute atomic E-state index is 14.9. The molecule has 24 heteroatoms. The van der Waals surface area contributed by atoms with Crippen molar-refractivity contribution in [1.82, 2.24) is 23.9 Å². The number of nitro benzene ring substituents is 1. The lowest BCUT2D eigenvalue weighted by Crippen LogP contribution is -2.60. The van der Waals surface area contributed by atoms with E-state index in [0.29, 0.717) is 68.8 Å². The van der Waals surface area contributed by atoms with E-state index in [9.17, 15) is 40.5 Å². The van der Waals surface area contributed by atoms with Gasteiger partial charge in [-0.05, 0) is 123 Å². The first kappa shape index (κ1) is 53.4. The third-order valence-corrected chi connectivity index (χ3v) is 21.1. The molecule has 6 aromatic rings. The van der Waals surface area contributed by atoms with Crippen LogP contribution in [0.4, 0.5) is 37.2 Å². The van der Waals surface area contributed by atoms with Crippen LogP contribution in [-0.2, 0) is 29.5 Å². The highest BCUT2D eigenvalue weighted by molar-refractivity contribution is 7.90. The normalized spacial score (nSPS) is 23.5. The number of amides is 1. The summed E-state index contributed by atoms with van der Waals surface area (Å²) in [5.74, 6) is -2.84. The number of fused-ring (bicyclic) bond motifs is 4. The number of H-pyrrole nitrogens is 1. The molecule has 6 aliphatic heterocycles. The molecule has 5 fully saturated rings. The van der Waals surface area contributed by atoms with Gasteiger partial charge < -0.3 is 39.0 Å². The number of carbonyl (C=O) groups excluding carboxylic acids is 1. The number of piperidine rings is 1. The Kier molecular flexibility index (Phi) is 13.7. The first-order valence-corrected chi connectivity index (χ1v) is 30.5. The molecule has 1 aliphatic carbocycles. The first-order valence-electron chi connectivity index (χ1n) is 27.6. The summed E-state index contributed by atoms with van der Waals surface area (Å²) in [4.78, 5) is 40.7. The van der Waals surface area contributed by atoms with E-state index in [4.69, 9.17) is 23.9 Å². The molecule has 426 valence electrons. The summed E-state index contributed by atoms with van der Waals surface area (Å²) >= 11 is 0. The van der Waals surface area contributed by atoms with Crippen LogP contribution in [0.3, 0.4) is 0 Å². The van der Waals surface area contributed by atoms with E-state index in [1.165, 1.54) is 10.4 Å². The molecule has 1 amide bonds. The summed E-state index contributed by atoms with van der Waals surface area (Å²) in [6, 6.07) is 21.3. The van der Waals surface area contributed by atoms with Gasteiger partial charge in [0.1, 0.15) is 24.0 Å². The zero-order valence-electron chi connectivity index (χ0n) is 44.4. The fourth-order valence-corrected chi connectivity index (χ4v) is 15.9. The van der Waals surface area contributed by atoms with Crippen LogP contribution in [0.2, 0.25) is 0 Å². The van der Waals surface area contributed by atoms with E-state index >= 15 is 0 Å². The van der Waals surface area contributed by atoms with Crippen molar-refractivity contribution >= 4 is 65.4 Å². The molecular formula is C57H61F2N9O11S2. The zero-order chi connectivity index (χ0) is 56.0. The van der Waals surface area contributed by atoms with E-state index in [0.717, 1.165) is 85.0 Å². The Labute approximate surface area is 466 Å². The van der Waals surface area contributed by atoms with E-state index in [-0.39, 0.29) is 83.7 Å². The molecule has 4 atom stereocenters. The van der Waals surface area contributed by atoms with Crippen molar-refractivity contribution in [3.63, 3.8) is 0 Å². The SMILES string of the molecule is Cc1ccccc1[C@@H]1CN(S(=O)(=O)c2ccc(F)c(F)c2)CCN1C1CC2(CCN(c3ccc(C(=O)NS(=O)(=O)c4cc5c(c([N+](=O)[O-])c4)N[C@H](C4CCOCC4)CO5)c(N4c5cc6cc[nH]c6nc5O[C@H]5COCC[C@@H]54)c3)CC2)C1. The van der Waals surface area contributed by atoms with Gasteiger partial charge in [0.05, 0.1) is 44.7 Å². The number of nitrogens with zero attached hydrogens (tertiary/aromatic N) is 6. The molecule has 2 aromatic heterocycles. The number of aromatic amines is 1. The van der Waals surface area contributed by atoms with E-state index in [2.05, 4.69) is 24.8 Å². The lowest BCUT2D eigenvalue weighted by Gasteiger charge is -2.58. The predicted molar refractivity (Wildman–Crippen MR) is 295 cm³/mol. The number of piperazine rings is 1. The smallest absolute Gasteiger partial charge is 0.297 e. The fourth-order valence-electron chi connectivity index (χ4n) is 13.5. The molecule has 4 saturated heterocycles. The van der Waals surface area contributed by atoms with Crippen LogP contribution < -0.4 is 29.3 Å². The van der Waals surface area contributed by atoms with Gasteiger partial charge in [-0.15, -0.1) is 0 Å². The molecule has 0 radical (unpaired) electrons. The number of sulfonamides is 2. The number of anilines is 4. The first-order chi connectivity index (χ1) is 39.0. The average Bonchev–Trinajstić information content (AvgIpc) is 4.07. The minimum Gasteiger partial charge on any atom is -0.489 e. The highest BCUT2D eigenvalue weighted by Gasteiger charge is 2.51. The van der Waals surface area contributed by atoms with Crippen LogP contribution in [0.5, 0.6) is 11.6 Å². The Bertz CT molecular complexity index is 3700. The third-order valence-electron chi connectivity index (χ3n) is 17.9. The molecule has 1 spiro atoms. The fraction of sp³-hybridized carbons (Fsp3) is 0.439. The number of pyridine rings is 1. The number of halogens is 2.